The van der Waals surface area contributed by atoms with Crippen molar-refractivity contribution in [3.63, 3.8) is 0 Å². The van der Waals surface area contributed by atoms with Crippen LogP contribution < -0.4 is 10.6 Å². The lowest BCUT2D eigenvalue weighted by molar-refractivity contribution is 0.314. The van der Waals surface area contributed by atoms with E-state index in [0.29, 0.717) is 17.4 Å². The number of rotatable bonds is 3. The summed E-state index contributed by atoms with van der Waals surface area (Å²) >= 11 is 0. The average molecular weight is 237 g/mol. The Bertz CT molecular complexity index is 394. The standard InChI is InChI=1S/C13H20FN3/c1-16-7-3-4-11(16)9-17(2)13-6-5-10(15)8-12(13)14/h5-6,8,11H,3-4,7,9,15H2,1-2H3. The van der Waals surface area contributed by atoms with Gasteiger partial charge in [0.2, 0.25) is 0 Å². The average Bonchev–Trinajstić information content (AvgIpc) is 2.64. The molecule has 1 fully saturated rings. The van der Waals surface area contributed by atoms with Gasteiger partial charge in [0.25, 0.3) is 0 Å². The molecule has 3 nitrogen and oxygen atoms in total. The first-order chi connectivity index (χ1) is 8.08. The molecule has 0 bridgehead atoms. The number of likely N-dealkylation sites (N-methyl/N-ethyl adjacent to an activating group) is 2. The van der Waals surface area contributed by atoms with Crippen molar-refractivity contribution in [2.75, 3.05) is 37.8 Å². The predicted octanol–water partition coefficient (Wildman–Crippen LogP) is 1.94. The van der Waals surface area contributed by atoms with Gasteiger partial charge >= 0.3 is 0 Å². The Labute approximate surface area is 102 Å². The molecule has 2 N–H and O–H groups in total. The monoisotopic (exact) mass is 237 g/mol. The summed E-state index contributed by atoms with van der Waals surface area (Å²) < 4.78 is 13.7. The molecule has 0 radical (unpaired) electrons. The van der Waals surface area contributed by atoms with Crippen LogP contribution in [-0.4, -0.2) is 38.1 Å². The van der Waals surface area contributed by atoms with Gasteiger partial charge in [0, 0.05) is 25.3 Å². The van der Waals surface area contributed by atoms with Crippen LogP contribution in [0.3, 0.4) is 0 Å². The number of halogens is 1. The van der Waals surface area contributed by atoms with Crippen LogP contribution in [0.1, 0.15) is 12.8 Å². The van der Waals surface area contributed by atoms with Gasteiger partial charge in [-0.1, -0.05) is 0 Å². The van der Waals surface area contributed by atoms with E-state index >= 15 is 0 Å². The van der Waals surface area contributed by atoms with Crippen molar-refractivity contribution < 1.29 is 4.39 Å². The number of nitrogen functional groups attached to an aromatic ring is 1. The molecule has 0 amide bonds. The van der Waals surface area contributed by atoms with Crippen molar-refractivity contribution in [2.24, 2.45) is 0 Å². The molecule has 1 saturated heterocycles. The van der Waals surface area contributed by atoms with Crippen LogP contribution >= 0.6 is 0 Å². The smallest absolute Gasteiger partial charge is 0.148 e. The molecule has 0 aromatic heterocycles. The minimum absolute atomic E-state index is 0.242. The van der Waals surface area contributed by atoms with Crippen molar-refractivity contribution in [1.29, 1.82) is 0 Å². The molecule has 1 aliphatic heterocycles. The zero-order valence-electron chi connectivity index (χ0n) is 10.5. The third-order valence-electron chi connectivity index (χ3n) is 3.54. The summed E-state index contributed by atoms with van der Waals surface area (Å²) in [6.45, 7) is 2.00. The molecule has 17 heavy (non-hydrogen) atoms. The fourth-order valence-corrected chi connectivity index (χ4v) is 2.46. The van der Waals surface area contributed by atoms with Crippen LogP contribution in [0.4, 0.5) is 15.8 Å². The largest absolute Gasteiger partial charge is 0.399 e. The number of nitrogens with zero attached hydrogens (tertiary/aromatic N) is 2. The molecule has 0 saturated carbocycles. The van der Waals surface area contributed by atoms with E-state index in [1.165, 1.54) is 18.9 Å². The fourth-order valence-electron chi connectivity index (χ4n) is 2.46. The van der Waals surface area contributed by atoms with Crippen molar-refractivity contribution >= 4 is 11.4 Å². The van der Waals surface area contributed by atoms with Crippen molar-refractivity contribution in [1.82, 2.24) is 4.90 Å². The van der Waals surface area contributed by atoms with Crippen LogP contribution in [0.5, 0.6) is 0 Å². The minimum Gasteiger partial charge on any atom is -0.399 e. The number of likely N-dealkylation sites (tertiary alicyclic amines) is 1. The lowest BCUT2D eigenvalue weighted by Crippen LogP contribution is -2.36. The van der Waals surface area contributed by atoms with E-state index in [0.717, 1.165) is 13.1 Å². The molecule has 1 aromatic carbocycles. The van der Waals surface area contributed by atoms with Crippen molar-refractivity contribution in [3.05, 3.63) is 24.0 Å². The summed E-state index contributed by atoms with van der Waals surface area (Å²) in [5.41, 5.74) is 6.64. The maximum absolute atomic E-state index is 13.7. The van der Waals surface area contributed by atoms with Gasteiger partial charge in [-0.25, -0.2) is 4.39 Å². The van der Waals surface area contributed by atoms with Crippen LogP contribution in [0.15, 0.2) is 18.2 Å². The number of hydrogen-bond acceptors (Lipinski definition) is 3. The Kier molecular flexibility index (Phi) is 3.52. The van der Waals surface area contributed by atoms with Gasteiger partial charge in [-0.2, -0.15) is 0 Å². The quantitative estimate of drug-likeness (QED) is 0.815. The summed E-state index contributed by atoms with van der Waals surface area (Å²) in [5, 5.41) is 0. The highest BCUT2D eigenvalue weighted by molar-refractivity contribution is 5.54. The molecule has 1 atom stereocenters. The molecule has 0 aliphatic carbocycles. The second-order valence-electron chi connectivity index (χ2n) is 4.87. The SMILES string of the molecule is CN(CC1CCCN1C)c1ccc(N)cc1F. The fraction of sp³-hybridized carbons (Fsp3) is 0.538. The second kappa shape index (κ2) is 4.92. The molecule has 4 heteroatoms. The third kappa shape index (κ3) is 2.69. The van der Waals surface area contributed by atoms with E-state index in [9.17, 15) is 4.39 Å². The Morgan fingerprint density at radius 1 is 1.53 bits per heavy atom. The van der Waals surface area contributed by atoms with E-state index in [4.69, 9.17) is 5.73 Å². The van der Waals surface area contributed by atoms with Crippen LogP contribution in [0, 0.1) is 5.82 Å². The highest BCUT2D eigenvalue weighted by Crippen LogP contribution is 2.23. The minimum atomic E-state index is -0.242. The van der Waals surface area contributed by atoms with Crippen LogP contribution in [0.25, 0.3) is 0 Å². The number of hydrogen-bond donors (Lipinski definition) is 1. The summed E-state index contributed by atoms with van der Waals surface area (Å²) in [4.78, 5) is 4.31. The molecule has 0 spiro atoms. The maximum Gasteiger partial charge on any atom is 0.148 e. The predicted molar refractivity (Wildman–Crippen MR) is 69.7 cm³/mol. The van der Waals surface area contributed by atoms with E-state index in [1.54, 1.807) is 12.1 Å². The van der Waals surface area contributed by atoms with Gasteiger partial charge in [0.1, 0.15) is 5.82 Å². The van der Waals surface area contributed by atoms with E-state index in [-0.39, 0.29) is 5.82 Å². The Morgan fingerprint density at radius 2 is 2.29 bits per heavy atom. The first-order valence-corrected chi connectivity index (χ1v) is 6.04. The highest BCUT2D eigenvalue weighted by Gasteiger charge is 2.22. The summed E-state index contributed by atoms with van der Waals surface area (Å²) in [6, 6.07) is 5.40. The van der Waals surface area contributed by atoms with Crippen molar-refractivity contribution in [3.8, 4) is 0 Å². The normalized spacial score (nSPS) is 20.8. The second-order valence-corrected chi connectivity index (χ2v) is 4.87. The summed E-state index contributed by atoms with van der Waals surface area (Å²) in [7, 11) is 4.06. The van der Waals surface area contributed by atoms with Crippen molar-refractivity contribution in [2.45, 2.75) is 18.9 Å². The zero-order valence-corrected chi connectivity index (χ0v) is 10.5. The number of anilines is 2. The molecule has 1 aromatic rings. The first kappa shape index (κ1) is 12.2. The first-order valence-electron chi connectivity index (χ1n) is 6.04. The Hall–Kier alpha value is -1.29. The van der Waals surface area contributed by atoms with E-state index < -0.39 is 0 Å². The third-order valence-corrected chi connectivity index (χ3v) is 3.54. The Balaban J connectivity index is 2.06. The number of benzene rings is 1. The van der Waals surface area contributed by atoms with Gasteiger partial charge in [-0.3, -0.25) is 0 Å². The van der Waals surface area contributed by atoms with E-state index in [1.807, 2.05) is 11.9 Å². The molecule has 1 unspecified atom stereocenters. The van der Waals surface area contributed by atoms with Gasteiger partial charge in [-0.05, 0) is 44.6 Å². The van der Waals surface area contributed by atoms with E-state index in [2.05, 4.69) is 11.9 Å². The highest BCUT2D eigenvalue weighted by atomic mass is 19.1. The number of nitrogens with two attached hydrogens (primary N) is 1. The molecule has 94 valence electrons. The van der Waals surface area contributed by atoms with Gasteiger partial charge in [0.15, 0.2) is 0 Å². The molecular formula is C13H20FN3. The zero-order chi connectivity index (χ0) is 12.4. The molecule has 2 rings (SSSR count). The van der Waals surface area contributed by atoms with Crippen LogP contribution in [-0.2, 0) is 0 Å². The summed E-state index contributed by atoms with van der Waals surface area (Å²) in [5.74, 6) is -0.242. The van der Waals surface area contributed by atoms with Gasteiger partial charge in [0.05, 0.1) is 5.69 Å². The van der Waals surface area contributed by atoms with Gasteiger partial charge < -0.3 is 15.5 Å². The lowest BCUT2D eigenvalue weighted by atomic mass is 10.2. The Morgan fingerprint density at radius 3 is 2.88 bits per heavy atom. The molecule has 1 aliphatic rings. The summed E-state index contributed by atoms with van der Waals surface area (Å²) in [6.07, 6.45) is 2.43. The molecule has 1 heterocycles. The topological polar surface area (TPSA) is 32.5 Å². The maximum atomic E-state index is 13.7. The lowest BCUT2D eigenvalue weighted by Gasteiger charge is -2.27. The van der Waals surface area contributed by atoms with Crippen LogP contribution in [0.2, 0.25) is 0 Å². The molecular weight excluding hydrogens is 217 g/mol. The van der Waals surface area contributed by atoms with Gasteiger partial charge in [-0.15, -0.1) is 0 Å².